The van der Waals surface area contributed by atoms with Crippen LogP contribution >= 0.6 is 0 Å². The fraction of sp³-hybridized carbons (Fsp3) is 0.211. The lowest BCUT2D eigenvalue weighted by atomic mass is 9.89. The summed E-state index contributed by atoms with van der Waals surface area (Å²) >= 11 is 0. The van der Waals surface area contributed by atoms with Crippen LogP contribution in [0.25, 0.3) is 0 Å². The van der Waals surface area contributed by atoms with Crippen molar-refractivity contribution in [2.75, 3.05) is 7.11 Å². The first-order valence-electron chi connectivity index (χ1n) is 7.45. The molecule has 0 aliphatic rings. The molecule has 1 N–H and O–H groups in total. The number of methoxy groups -OCH3 is 1. The molecule has 1 heterocycles. The summed E-state index contributed by atoms with van der Waals surface area (Å²) < 4.78 is 5.25. The van der Waals surface area contributed by atoms with E-state index in [1.54, 1.807) is 13.3 Å². The quantitative estimate of drug-likeness (QED) is 0.768. The first-order chi connectivity index (χ1) is 10.8. The predicted molar refractivity (Wildman–Crippen MR) is 88.3 cm³/mol. The van der Waals surface area contributed by atoms with E-state index in [9.17, 15) is 0 Å². The summed E-state index contributed by atoms with van der Waals surface area (Å²) in [6, 6.07) is 19.0. The van der Waals surface area contributed by atoms with E-state index in [4.69, 9.17) is 4.74 Å². The Morgan fingerprint density at radius 2 is 1.73 bits per heavy atom. The van der Waals surface area contributed by atoms with Crippen LogP contribution in [0.1, 0.15) is 28.3 Å². The number of hydrogen-bond acceptors (Lipinski definition) is 2. The van der Waals surface area contributed by atoms with E-state index < -0.39 is 0 Å². The Morgan fingerprint density at radius 3 is 2.32 bits per heavy atom. The second-order valence-corrected chi connectivity index (χ2v) is 5.53. The topological polar surface area (TPSA) is 37.9 Å². The van der Waals surface area contributed by atoms with Gasteiger partial charge in [0.2, 0.25) is 0 Å². The Hall–Kier alpha value is -2.55. The van der Waals surface area contributed by atoms with Crippen LogP contribution in [0.15, 0.2) is 60.8 Å². The van der Waals surface area contributed by atoms with Crippen molar-refractivity contribution >= 4 is 0 Å². The Kier molecular flexibility index (Phi) is 4.24. The molecule has 1 atom stereocenters. The molecule has 1 unspecified atom stereocenters. The number of aryl methyl sites for hydroxylation is 1. The summed E-state index contributed by atoms with van der Waals surface area (Å²) in [7, 11) is 1.69. The number of nitrogens with one attached hydrogen (secondary N) is 1. The number of aromatic amines is 1. The smallest absolute Gasteiger partial charge is 0.118 e. The van der Waals surface area contributed by atoms with Crippen molar-refractivity contribution in [1.82, 2.24) is 10.2 Å². The normalized spacial score (nSPS) is 12.1. The molecule has 0 saturated carbocycles. The highest BCUT2D eigenvalue weighted by atomic mass is 16.5. The molecule has 22 heavy (non-hydrogen) atoms. The lowest BCUT2D eigenvalue weighted by Crippen LogP contribution is -2.06. The van der Waals surface area contributed by atoms with Crippen LogP contribution in [0.2, 0.25) is 0 Å². The molecule has 3 rings (SSSR count). The number of nitrogens with zero attached hydrogens (tertiary/aromatic N) is 1. The van der Waals surface area contributed by atoms with Crippen LogP contribution in [0, 0.1) is 6.92 Å². The van der Waals surface area contributed by atoms with Gasteiger partial charge in [-0.25, -0.2) is 0 Å². The van der Waals surface area contributed by atoms with Crippen molar-refractivity contribution in [2.45, 2.75) is 19.3 Å². The van der Waals surface area contributed by atoms with Gasteiger partial charge in [-0.1, -0.05) is 42.0 Å². The molecule has 3 heteroatoms. The summed E-state index contributed by atoms with van der Waals surface area (Å²) in [6.07, 6.45) is 2.75. The van der Waals surface area contributed by atoms with Gasteiger partial charge < -0.3 is 4.74 Å². The van der Waals surface area contributed by atoms with Crippen molar-refractivity contribution in [3.8, 4) is 5.75 Å². The maximum Gasteiger partial charge on any atom is 0.118 e. The zero-order chi connectivity index (χ0) is 15.4. The molecule has 1 aromatic heterocycles. The summed E-state index contributed by atoms with van der Waals surface area (Å²) in [5.74, 6) is 1.14. The minimum atomic E-state index is 0.260. The van der Waals surface area contributed by atoms with E-state index in [-0.39, 0.29) is 5.92 Å². The minimum Gasteiger partial charge on any atom is -0.497 e. The van der Waals surface area contributed by atoms with Crippen molar-refractivity contribution in [3.05, 3.63) is 83.2 Å². The van der Waals surface area contributed by atoms with Gasteiger partial charge in [-0.2, -0.15) is 5.10 Å². The molecule has 0 aliphatic heterocycles. The largest absolute Gasteiger partial charge is 0.497 e. The summed E-state index contributed by atoms with van der Waals surface area (Å²) in [5, 5.41) is 7.22. The van der Waals surface area contributed by atoms with Crippen molar-refractivity contribution < 1.29 is 4.74 Å². The molecule has 3 nitrogen and oxygen atoms in total. The molecule has 0 aliphatic carbocycles. The van der Waals surface area contributed by atoms with Gasteiger partial charge in [-0.15, -0.1) is 0 Å². The third-order valence-corrected chi connectivity index (χ3v) is 3.98. The number of rotatable bonds is 5. The molecule has 3 aromatic rings. The van der Waals surface area contributed by atoms with Crippen LogP contribution in [0.5, 0.6) is 5.75 Å². The number of ether oxygens (including phenoxy) is 1. The number of aromatic nitrogens is 2. The average molecular weight is 292 g/mol. The maximum absolute atomic E-state index is 5.25. The second-order valence-electron chi connectivity index (χ2n) is 5.53. The highest BCUT2D eigenvalue weighted by molar-refractivity contribution is 5.35. The third kappa shape index (κ3) is 3.19. The molecule has 112 valence electrons. The van der Waals surface area contributed by atoms with Gasteiger partial charge in [0.1, 0.15) is 5.75 Å². The average Bonchev–Trinajstić information content (AvgIpc) is 3.09. The van der Waals surface area contributed by atoms with Gasteiger partial charge in [0.05, 0.1) is 7.11 Å². The highest BCUT2D eigenvalue weighted by Crippen LogP contribution is 2.28. The Labute approximate surface area is 131 Å². The van der Waals surface area contributed by atoms with Gasteiger partial charge >= 0.3 is 0 Å². The fourth-order valence-electron chi connectivity index (χ4n) is 2.66. The fourth-order valence-corrected chi connectivity index (χ4v) is 2.66. The van der Waals surface area contributed by atoms with Gasteiger partial charge in [0, 0.05) is 17.8 Å². The van der Waals surface area contributed by atoms with E-state index in [0.29, 0.717) is 0 Å². The number of benzene rings is 2. The van der Waals surface area contributed by atoms with E-state index in [1.165, 1.54) is 16.7 Å². The Balaban J connectivity index is 1.91. The third-order valence-electron chi connectivity index (χ3n) is 3.98. The highest BCUT2D eigenvalue weighted by Gasteiger charge is 2.16. The zero-order valence-corrected chi connectivity index (χ0v) is 12.9. The van der Waals surface area contributed by atoms with Gasteiger partial charge in [-0.05, 0) is 42.7 Å². The molecular formula is C19H20N2O. The molecule has 0 bridgehead atoms. The Bertz CT molecular complexity index is 700. The van der Waals surface area contributed by atoms with Crippen molar-refractivity contribution in [3.63, 3.8) is 0 Å². The van der Waals surface area contributed by atoms with Gasteiger partial charge in [-0.3, -0.25) is 5.10 Å². The molecule has 0 spiro atoms. The standard InChI is InChI=1S/C19H20N2O/c1-14-3-5-15(6-4-14)13-18(19-11-12-20-21-19)16-7-9-17(22-2)10-8-16/h3-12,18H,13H2,1-2H3,(H,20,21). The lowest BCUT2D eigenvalue weighted by molar-refractivity contribution is 0.414. The predicted octanol–water partition coefficient (Wildman–Crippen LogP) is 4.10. The summed E-state index contributed by atoms with van der Waals surface area (Å²) in [6.45, 7) is 2.11. The van der Waals surface area contributed by atoms with Crippen LogP contribution in [0.4, 0.5) is 0 Å². The molecule has 0 radical (unpaired) electrons. The maximum atomic E-state index is 5.25. The van der Waals surface area contributed by atoms with Crippen LogP contribution in [0.3, 0.4) is 0 Å². The Morgan fingerprint density at radius 1 is 1.00 bits per heavy atom. The minimum absolute atomic E-state index is 0.260. The van der Waals surface area contributed by atoms with E-state index >= 15 is 0 Å². The summed E-state index contributed by atoms with van der Waals surface area (Å²) in [4.78, 5) is 0. The molecule has 2 aromatic carbocycles. The van der Waals surface area contributed by atoms with Gasteiger partial charge in [0.15, 0.2) is 0 Å². The monoisotopic (exact) mass is 292 g/mol. The van der Waals surface area contributed by atoms with Crippen molar-refractivity contribution in [1.29, 1.82) is 0 Å². The first kappa shape index (κ1) is 14.4. The van der Waals surface area contributed by atoms with Crippen LogP contribution in [-0.4, -0.2) is 17.3 Å². The number of H-pyrrole nitrogens is 1. The SMILES string of the molecule is COc1ccc(C(Cc2ccc(C)cc2)c2ccn[nH]2)cc1. The molecular weight excluding hydrogens is 272 g/mol. The first-order valence-corrected chi connectivity index (χ1v) is 7.45. The van der Waals surface area contributed by atoms with E-state index in [1.807, 2.05) is 18.2 Å². The van der Waals surface area contributed by atoms with Crippen molar-refractivity contribution in [2.24, 2.45) is 0 Å². The lowest BCUT2D eigenvalue weighted by Gasteiger charge is -2.17. The zero-order valence-electron chi connectivity index (χ0n) is 12.9. The van der Waals surface area contributed by atoms with Gasteiger partial charge in [0.25, 0.3) is 0 Å². The van der Waals surface area contributed by atoms with E-state index in [0.717, 1.165) is 17.9 Å². The number of hydrogen-bond donors (Lipinski definition) is 1. The molecule has 0 amide bonds. The molecule has 0 saturated heterocycles. The van der Waals surface area contributed by atoms with Crippen LogP contribution < -0.4 is 4.74 Å². The van der Waals surface area contributed by atoms with Crippen LogP contribution in [-0.2, 0) is 6.42 Å². The summed E-state index contributed by atoms with van der Waals surface area (Å²) in [5.41, 5.74) is 4.99. The van der Waals surface area contributed by atoms with E-state index in [2.05, 4.69) is 53.5 Å². The second kappa shape index (κ2) is 6.48. The molecule has 0 fully saturated rings.